The summed E-state index contributed by atoms with van der Waals surface area (Å²) in [4.78, 5) is 13.8. The highest BCUT2D eigenvalue weighted by Gasteiger charge is 2.15. The molecule has 0 radical (unpaired) electrons. The number of hydrogen-bond acceptors (Lipinski definition) is 7. The molecular formula is C23H25BrN8. The summed E-state index contributed by atoms with van der Waals surface area (Å²) in [7, 11) is 0. The predicted octanol–water partition coefficient (Wildman–Crippen LogP) is 3.97. The number of benzene rings is 1. The molecule has 4 aromatic rings. The number of aromatic nitrogens is 5. The molecule has 1 saturated heterocycles. The minimum Gasteiger partial charge on any atom is -0.354 e. The van der Waals surface area contributed by atoms with E-state index in [9.17, 15) is 0 Å². The number of anilines is 2. The van der Waals surface area contributed by atoms with E-state index in [0.29, 0.717) is 24.4 Å². The first-order chi connectivity index (χ1) is 15.8. The van der Waals surface area contributed by atoms with Gasteiger partial charge in [-0.25, -0.2) is 0 Å². The number of pyridine rings is 1. The number of fused-ring (bicyclic) bond motifs is 1. The molecule has 4 heterocycles. The van der Waals surface area contributed by atoms with Gasteiger partial charge >= 0.3 is 0 Å². The van der Waals surface area contributed by atoms with Gasteiger partial charge < -0.3 is 16.0 Å². The Kier molecular flexibility index (Phi) is 6.27. The first-order valence-electron chi connectivity index (χ1n) is 10.9. The molecule has 5 rings (SSSR count). The molecule has 3 N–H and O–H groups in total. The summed E-state index contributed by atoms with van der Waals surface area (Å²) in [6, 6.07) is 14.3. The van der Waals surface area contributed by atoms with Crippen molar-refractivity contribution in [1.82, 2.24) is 29.9 Å². The van der Waals surface area contributed by atoms with Crippen molar-refractivity contribution >= 4 is 33.5 Å². The van der Waals surface area contributed by atoms with E-state index in [1.165, 1.54) is 12.8 Å². The molecule has 1 aromatic carbocycles. The van der Waals surface area contributed by atoms with Crippen LogP contribution in [0.4, 0.5) is 11.9 Å². The highest BCUT2D eigenvalue weighted by atomic mass is 79.9. The fraction of sp³-hybridized carbons (Fsp3) is 0.304. The van der Waals surface area contributed by atoms with Crippen molar-refractivity contribution in [3.63, 3.8) is 0 Å². The second-order valence-corrected chi connectivity index (χ2v) is 8.79. The van der Waals surface area contributed by atoms with Crippen molar-refractivity contribution in [3.05, 3.63) is 64.9 Å². The van der Waals surface area contributed by atoms with Crippen LogP contribution < -0.4 is 16.0 Å². The van der Waals surface area contributed by atoms with Crippen LogP contribution in [0.1, 0.15) is 18.4 Å². The van der Waals surface area contributed by atoms with E-state index in [4.69, 9.17) is 4.98 Å². The Labute approximate surface area is 195 Å². The van der Waals surface area contributed by atoms with E-state index in [-0.39, 0.29) is 0 Å². The summed E-state index contributed by atoms with van der Waals surface area (Å²) in [5.74, 6) is 1.91. The molecular weight excluding hydrogens is 468 g/mol. The van der Waals surface area contributed by atoms with Crippen molar-refractivity contribution < 1.29 is 0 Å². The Bertz CT molecular complexity index is 1170. The lowest BCUT2D eigenvalue weighted by Crippen LogP contribution is -2.31. The summed E-state index contributed by atoms with van der Waals surface area (Å²) in [6.45, 7) is 3.65. The number of hydrogen-bond donors (Lipinski definition) is 3. The van der Waals surface area contributed by atoms with Crippen LogP contribution in [-0.4, -0.2) is 44.2 Å². The van der Waals surface area contributed by atoms with E-state index in [1.54, 1.807) is 10.7 Å². The van der Waals surface area contributed by atoms with Gasteiger partial charge in [0.2, 0.25) is 11.9 Å². The van der Waals surface area contributed by atoms with Crippen LogP contribution in [0, 0.1) is 5.92 Å². The van der Waals surface area contributed by atoms with Gasteiger partial charge in [0.05, 0.1) is 16.4 Å². The van der Waals surface area contributed by atoms with E-state index in [2.05, 4.69) is 71.2 Å². The molecule has 8 nitrogen and oxygen atoms in total. The predicted molar refractivity (Wildman–Crippen MR) is 130 cm³/mol. The first kappa shape index (κ1) is 20.8. The molecule has 0 spiro atoms. The molecule has 1 fully saturated rings. The maximum Gasteiger partial charge on any atom is 0.229 e. The molecule has 32 heavy (non-hydrogen) atoms. The monoisotopic (exact) mass is 492 g/mol. The van der Waals surface area contributed by atoms with E-state index < -0.39 is 0 Å². The van der Waals surface area contributed by atoms with Crippen LogP contribution in [0.2, 0.25) is 0 Å². The van der Waals surface area contributed by atoms with Crippen LogP contribution in [-0.2, 0) is 6.54 Å². The zero-order valence-electron chi connectivity index (χ0n) is 17.6. The quantitative estimate of drug-likeness (QED) is 0.359. The molecule has 0 unspecified atom stereocenters. The number of halogens is 1. The van der Waals surface area contributed by atoms with Gasteiger partial charge in [-0.05, 0) is 65.5 Å². The molecule has 0 saturated carbocycles. The third kappa shape index (κ3) is 4.73. The zero-order chi connectivity index (χ0) is 21.8. The lowest BCUT2D eigenvalue weighted by molar-refractivity contribution is 0.389. The molecule has 1 aliphatic heterocycles. The van der Waals surface area contributed by atoms with E-state index in [1.807, 2.05) is 24.4 Å². The number of rotatable bonds is 7. The van der Waals surface area contributed by atoms with Crippen molar-refractivity contribution in [2.24, 2.45) is 5.92 Å². The highest BCUT2D eigenvalue weighted by Crippen LogP contribution is 2.22. The third-order valence-electron chi connectivity index (χ3n) is 5.70. The standard InChI is InChI=1S/C23H25BrN8/c24-19-15-29-32-21(19)30-22(27-13-17-8-11-25-12-9-17)31-23(32)28-14-16-4-6-18(7-5-16)20-3-1-2-10-26-20/h1-7,10,15,17,25H,8-9,11-14H2,(H2,27,28,30,31). The summed E-state index contributed by atoms with van der Waals surface area (Å²) in [5.41, 5.74) is 3.95. The average Bonchev–Trinajstić information content (AvgIpc) is 3.23. The van der Waals surface area contributed by atoms with Crippen LogP contribution in [0.3, 0.4) is 0 Å². The fourth-order valence-corrected chi connectivity index (χ4v) is 4.22. The van der Waals surface area contributed by atoms with Crippen molar-refractivity contribution in [3.8, 4) is 11.3 Å². The summed E-state index contributed by atoms with van der Waals surface area (Å²) >= 11 is 3.55. The second kappa shape index (κ2) is 9.62. The Hall–Kier alpha value is -3.04. The highest BCUT2D eigenvalue weighted by molar-refractivity contribution is 9.10. The van der Waals surface area contributed by atoms with Gasteiger partial charge in [-0.2, -0.15) is 19.6 Å². The lowest BCUT2D eigenvalue weighted by atomic mass is 9.98. The van der Waals surface area contributed by atoms with E-state index >= 15 is 0 Å². The molecule has 1 aliphatic rings. The molecule has 164 valence electrons. The first-order valence-corrected chi connectivity index (χ1v) is 11.7. The molecule has 0 atom stereocenters. The van der Waals surface area contributed by atoms with Crippen LogP contribution >= 0.6 is 15.9 Å². The largest absolute Gasteiger partial charge is 0.354 e. The van der Waals surface area contributed by atoms with Gasteiger partial charge in [0.15, 0.2) is 5.65 Å². The van der Waals surface area contributed by atoms with Crippen molar-refractivity contribution in [1.29, 1.82) is 0 Å². The van der Waals surface area contributed by atoms with Gasteiger partial charge in [-0.3, -0.25) is 4.98 Å². The second-order valence-electron chi connectivity index (χ2n) is 7.94. The van der Waals surface area contributed by atoms with Gasteiger partial charge in [0.25, 0.3) is 0 Å². The van der Waals surface area contributed by atoms with Crippen molar-refractivity contribution in [2.45, 2.75) is 19.4 Å². The number of nitrogens with one attached hydrogen (secondary N) is 3. The van der Waals surface area contributed by atoms with Gasteiger partial charge in [0, 0.05) is 24.8 Å². The van der Waals surface area contributed by atoms with Crippen LogP contribution in [0.5, 0.6) is 0 Å². The maximum absolute atomic E-state index is 4.70. The van der Waals surface area contributed by atoms with Crippen molar-refractivity contribution in [2.75, 3.05) is 30.3 Å². The van der Waals surface area contributed by atoms with Crippen LogP contribution in [0.25, 0.3) is 16.9 Å². The van der Waals surface area contributed by atoms with E-state index in [0.717, 1.165) is 46.6 Å². The molecule has 0 aliphatic carbocycles. The minimum absolute atomic E-state index is 0.616. The number of piperidine rings is 1. The summed E-state index contributed by atoms with van der Waals surface area (Å²) < 4.78 is 2.56. The molecule has 3 aromatic heterocycles. The van der Waals surface area contributed by atoms with Gasteiger partial charge in [-0.1, -0.05) is 30.3 Å². The van der Waals surface area contributed by atoms with Gasteiger partial charge in [-0.15, -0.1) is 0 Å². The number of nitrogens with zero attached hydrogens (tertiary/aromatic N) is 5. The summed E-state index contributed by atoms with van der Waals surface area (Å²) in [5, 5.41) is 14.7. The summed E-state index contributed by atoms with van der Waals surface area (Å²) in [6.07, 6.45) is 5.90. The maximum atomic E-state index is 4.70. The Morgan fingerprint density at radius 3 is 2.66 bits per heavy atom. The minimum atomic E-state index is 0.616. The molecule has 0 amide bonds. The smallest absolute Gasteiger partial charge is 0.229 e. The Morgan fingerprint density at radius 1 is 1.03 bits per heavy atom. The molecule has 0 bridgehead atoms. The average molecular weight is 493 g/mol. The SMILES string of the molecule is Brc1cnn2c(NCc3ccc(-c4ccccn4)cc3)nc(NCC3CCNCC3)nc12. The molecule has 9 heteroatoms. The normalized spacial score (nSPS) is 14.5. The topological polar surface area (TPSA) is 92.1 Å². The lowest BCUT2D eigenvalue weighted by Gasteiger charge is -2.22. The Morgan fingerprint density at radius 2 is 1.88 bits per heavy atom. The third-order valence-corrected chi connectivity index (χ3v) is 6.26. The Balaban J connectivity index is 1.30. The zero-order valence-corrected chi connectivity index (χ0v) is 19.2. The van der Waals surface area contributed by atoms with Gasteiger partial charge in [0.1, 0.15) is 0 Å². The fourth-order valence-electron chi connectivity index (χ4n) is 3.87. The van der Waals surface area contributed by atoms with Crippen LogP contribution in [0.15, 0.2) is 59.3 Å².